The van der Waals surface area contributed by atoms with Gasteiger partial charge >= 0.3 is 0 Å². The van der Waals surface area contributed by atoms with Gasteiger partial charge in [0.2, 0.25) is 0 Å². The van der Waals surface area contributed by atoms with Crippen molar-refractivity contribution < 1.29 is 31.9 Å². The maximum atomic E-state index is 15.0. The Morgan fingerprint density at radius 1 is 1.15 bits per heavy atom. The number of aromatic nitrogens is 1. The number of nitrogens with zero attached hydrogens (tertiary/aromatic N) is 2. The van der Waals surface area contributed by atoms with Crippen LogP contribution < -0.4 is 10.5 Å². The first-order valence-corrected chi connectivity index (χ1v) is 12.5. The van der Waals surface area contributed by atoms with E-state index in [-0.39, 0.29) is 34.5 Å². The van der Waals surface area contributed by atoms with E-state index in [1.54, 1.807) is 30.5 Å². The van der Waals surface area contributed by atoms with Gasteiger partial charge in [-0.05, 0) is 65.6 Å². The molecule has 3 heterocycles. The van der Waals surface area contributed by atoms with E-state index in [2.05, 4.69) is 4.98 Å². The quantitative estimate of drug-likeness (QED) is 0.296. The fourth-order valence-corrected chi connectivity index (χ4v) is 4.84. The summed E-state index contributed by atoms with van der Waals surface area (Å²) in [7, 11) is 0. The SMILES string of the molecule is Nc1ccc(/C=C/C(=O)CCC2Cc3cc(-c4ccc(C(=O)N5CC(F)(F)C5)c(F)c4F)cc(Cl)c3O2)cn1. The molecule has 2 N–H and O–H groups in total. The second kappa shape index (κ2) is 10.3. The van der Waals surface area contributed by atoms with Crippen molar-refractivity contribution in [2.75, 3.05) is 18.8 Å². The van der Waals surface area contributed by atoms with E-state index in [1.807, 2.05) is 0 Å². The normalized spacial score (nSPS) is 17.6. The highest BCUT2D eigenvalue weighted by atomic mass is 35.5. The Labute approximate surface area is 226 Å². The summed E-state index contributed by atoms with van der Waals surface area (Å²) in [5.41, 5.74) is 6.47. The summed E-state index contributed by atoms with van der Waals surface area (Å²) in [6.07, 6.45) is 5.38. The van der Waals surface area contributed by atoms with E-state index >= 15 is 4.39 Å². The van der Waals surface area contributed by atoms with Crippen LogP contribution in [0.4, 0.5) is 23.4 Å². The number of rotatable bonds is 7. The molecule has 3 aromatic rings. The Balaban J connectivity index is 1.25. The zero-order chi connectivity index (χ0) is 27.9. The van der Waals surface area contributed by atoms with Crippen LogP contribution in [0.15, 0.2) is 48.7 Å². The number of amides is 1. The van der Waals surface area contributed by atoms with Gasteiger partial charge in [-0.1, -0.05) is 17.7 Å². The van der Waals surface area contributed by atoms with Crippen LogP contribution in [0.1, 0.15) is 34.3 Å². The Hall–Kier alpha value is -3.92. The molecule has 1 fully saturated rings. The highest BCUT2D eigenvalue weighted by Gasteiger charge is 2.47. The third kappa shape index (κ3) is 5.61. The van der Waals surface area contributed by atoms with E-state index in [4.69, 9.17) is 22.1 Å². The minimum atomic E-state index is -3.02. The van der Waals surface area contributed by atoms with Crippen molar-refractivity contribution in [3.8, 4) is 16.9 Å². The number of hydrogen-bond donors (Lipinski definition) is 1. The number of ketones is 1. The van der Waals surface area contributed by atoms with Crippen LogP contribution in [0, 0.1) is 11.6 Å². The van der Waals surface area contributed by atoms with E-state index in [9.17, 15) is 22.8 Å². The molecule has 2 aliphatic heterocycles. The summed E-state index contributed by atoms with van der Waals surface area (Å²) < 4.78 is 61.9. The molecular weight excluding hydrogens is 538 g/mol. The van der Waals surface area contributed by atoms with Crippen LogP contribution in [0.2, 0.25) is 5.02 Å². The van der Waals surface area contributed by atoms with Crippen molar-refractivity contribution in [1.29, 1.82) is 0 Å². The number of anilines is 1. The lowest BCUT2D eigenvalue weighted by Gasteiger charge is -2.38. The summed E-state index contributed by atoms with van der Waals surface area (Å²) in [5, 5.41) is 0.190. The van der Waals surface area contributed by atoms with E-state index in [0.29, 0.717) is 30.0 Å². The van der Waals surface area contributed by atoms with Gasteiger partial charge in [-0.3, -0.25) is 9.59 Å². The predicted octanol–water partition coefficient (Wildman–Crippen LogP) is 5.72. The molecule has 1 aromatic heterocycles. The molecule has 0 saturated carbocycles. The molecule has 5 rings (SSSR count). The first-order valence-electron chi connectivity index (χ1n) is 12.1. The van der Waals surface area contributed by atoms with Gasteiger partial charge in [0, 0.05) is 24.6 Å². The van der Waals surface area contributed by atoms with Gasteiger partial charge in [-0.25, -0.2) is 22.5 Å². The minimum Gasteiger partial charge on any atom is -0.488 e. The molecule has 2 aliphatic rings. The molecule has 11 heteroatoms. The van der Waals surface area contributed by atoms with Gasteiger partial charge in [-0.15, -0.1) is 0 Å². The minimum absolute atomic E-state index is 0.104. The van der Waals surface area contributed by atoms with Crippen LogP contribution in [-0.4, -0.2) is 46.7 Å². The average molecular weight is 560 g/mol. The molecule has 1 saturated heterocycles. The summed E-state index contributed by atoms with van der Waals surface area (Å²) in [4.78, 5) is 29.4. The van der Waals surface area contributed by atoms with Crippen molar-refractivity contribution in [2.45, 2.75) is 31.3 Å². The number of likely N-dealkylation sites (tertiary alicyclic amines) is 1. The lowest BCUT2D eigenvalue weighted by molar-refractivity contribution is -0.115. The molecule has 0 bridgehead atoms. The van der Waals surface area contributed by atoms with E-state index < -0.39 is 42.1 Å². The van der Waals surface area contributed by atoms with Crippen LogP contribution in [-0.2, 0) is 11.2 Å². The van der Waals surface area contributed by atoms with Gasteiger partial charge < -0.3 is 15.4 Å². The number of halogens is 5. The Bertz CT molecular complexity index is 1490. The number of ether oxygens (including phenoxy) is 1. The van der Waals surface area contributed by atoms with Crippen molar-refractivity contribution >= 4 is 35.2 Å². The number of nitrogens with two attached hydrogens (primary N) is 1. The smallest absolute Gasteiger partial charge is 0.282 e. The lowest BCUT2D eigenvalue weighted by Crippen LogP contribution is -2.58. The third-order valence-corrected chi connectivity index (χ3v) is 6.87. The first kappa shape index (κ1) is 26.7. The van der Waals surface area contributed by atoms with Crippen LogP contribution in [0.5, 0.6) is 5.75 Å². The zero-order valence-corrected chi connectivity index (χ0v) is 21.2. The molecule has 0 spiro atoms. The summed E-state index contributed by atoms with van der Waals surface area (Å²) in [5.74, 6) is -6.03. The Morgan fingerprint density at radius 2 is 1.92 bits per heavy atom. The Kier molecular flexibility index (Phi) is 7.07. The van der Waals surface area contributed by atoms with Crippen LogP contribution >= 0.6 is 11.6 Å². The summed E-state index contributed by atoms with van der Waals surface area (Å²) in [6, 6.07) is 8.72. The molecule has 1 unspecified atom stereocenters. The zero-order valence-electron chi connectivity index (χ0n) is 20.4. The summed E-state index contributed by atoms with van der Waals surface area (Å²) >= 11 is 6.38. The average Bonchev–Trinajstić information content (AvgIpc) is 3.30. The number of fused-ring (bicyclic) bond motifs is 1. The molecule has 0 radical (unpaired) electrons. The monoisotopic (exact) mass is 559 g/mol. The van der Waals surface area contributed by atoms with Crippen LogP contribution in [0.3, 0.4) is 0 Å². The molecular formula is C28H22ClF4N3O3. The fourth-order valence-electron chi connectivity index (χ4n) is 4.56. The van der Waals surface area contributed by atoms with E-state index in [1.165, 1.54) is 18.2 Å². The van der Waals surface area contributed by atoms with Gasteiger partial charge in [-0.2, -0.15) is 0 Å². The number of carbonyl (C=O) groups excluding carboxylic acids is 2. The first-order chi connectivity index (χ1) is 18.5. The number of alkyl halides is 2. The maximum absolute atomic E-state index is 15.0. The molecule has 0 aliphatic carbocycles. The number of carbonyl (C=O) groups is 2. The standard InChI is InChI=1S/C28H22ClF4N3O3/c29-22-11-16(20-6-7-21(25(31)24(20)30)27(38)36-13-28(32,33)14-36)9-17-10-19(39-26(17)22)5-4-18(37)3-1-15-2-8-23(34)35-12-15/h1-3,6-9,11-12,19H,4-5,10,13-14H2,(H2,34,35)/b3-1+. The lowest BCUT2D eigenvalue weighted by atomic mass is 9.97. The highest BCUT2D eigenvalue weighted by molar-refractivity contribution is 6.32. The van der Waals surface area contributed by atoms with Gasteiger partial charge in [0.25, 0.3) is 11.8 Å². The third-order valence-electron chi connectivity index (χ3n) is 6.59. The second-order valence-electron chi connectivity index (χ2n) is 9.55. The largest absolute Gasteiger partial charge is 0.488 e. The highest BCUT2D eigenvalue weighted by Crippen LogP contribution is 2.41. The molecule has 1 amide bonds. The maximum Gasteiger partial charge on any atom is 0.282 e. The topological polar surface area (TPSA) is 85.5 Å². The van der Waals surface area contributed by atoms with Gasteiger partial charge in [0.15, 0.2) is 17.4 Å². The number of hydrogen-bond acceptors (Lipinski definition) is 5. The molecule has 39 heavy (non-hydrogen) atoms. The van der Waals surface area contributed by atoms with Crippen molar-refractivity contribution in [1.82, 2.24) is 9.88 Å². The second-order valence-corrected chi connectivity index (χ2v) is 9.96. The Morgan fingerprint density at radius 3 is 2.62 bits per heavy atom. The van der Waals surface area contributed by atoms with Gasteiger partial charge in [0.1, 0.15) is 17.7 Å². The number of benzene rings is 2. The number of nitrogen functional groups attached to an aromatic ring is 1. The number of pyridine rings is 1. The van der Waals surface area contributed by atoms with E-state index in [0.717, 1.165) is 16.5 Å². The molecule has 2 aromatic carbocycles. The predicted molar refractivity (Wildman–Crippen MR) is 138 cm³/mol. The molecule has 6 nitrogen and oxygen atoms in total. The molecule has 1 atom stereocenters. The summed E-state index contributed by atoms with van der Waals surface area (Å²) in [6.45, 7) is -1.67. The van der Waals surface area contributed by atoms with Crippen molar-refractivity contribution in [3.05, 3.63) is 82.0 Å². The number of allylic oxidation sites excluding steroid dienone is 1. The van der Waals surface area contributed by atoms with Gasteiger partial charge in [0.05, 0.1) is 23.7 Å². The van der Waals surface area contributed by atoms with Crippen molar-refractivity contribution in [3.63, 3.8) is 0 Å². The fraction of sp³-hybridized carbons (Fsp3) is 0.250. The van der Waals surface area contributed by atoms with Crippen molar-refractivity contribution in [2.24, 2.45) is 0 Å². The van der Waals surface area contributed by atoms with Crippen LogP contribution in [0.25, 0.3) is 17.2 Å². The molecule has 202 valence electrons.